The summed E-state index contributed by atoms with van der Waals surface area (Å²) in [7, 11) is 0. The lowest BCUT2D eigenvalue weighted by Gasteiger charge is -2.33. The summed E-state index contributed by atoms with van der Waals surface area (Å²) in [4.78, 5) is 26.4. The number of hydrogen-bond acceptors (Lipinski definition) is 6. The van der Waals surface area contributed by atoms with Crippen molar-refractivity contribution in [2.75, 3.05) is 18.0 Å². The summed E-state index contributed by atoms with van der Waals surface area (Å²) < 4.78 is 0. The lowest BCUT2D eigenvalue weighted by Crippen LogP contribution is -2.45. The summed E-state index contributed by atoms with van der Waals surface area (Å²) in [6.07, 6.45) is 5.21. The van der Waals surface area contributed by atoms with Gasteiger partial charge in [0.2, 0.25) is 5.91 Å². The molecule has 25 heavy (non-hydrogen) atoms. The van der Waals surface area contributed by atoms with E-state index < -0.39 is 0 Å². The van der Waals surface area contributed by atoms with Gasteiger partial charge in [-0.3, -0.25) is 4.79 Å². The van der Waals surface area contributed by atoms with E-state index in [0.29, 0.717) is 12.2 Å². The van der Waals surface area contributed by atoms with Crippen LogP contribution in [0.4, 0.5) is 5.82 Å². The monoisotopic (exact) mass is 339 g/mol. The molecule has 0 saturated carbocycles. The fourth-order valence-corrected chi connectivity index (χ4v) is 3.45. The van der Waals surface area contributed by atoms with E-state index in [9.17, 15) is 4.79 Å². The van der Waals surface area contributed by atoms with Crippen molar-refractivity contribution in [2.24, 2.45) is 5.92 Å². The van der Waals surface area contributed by atoms with Gasteiger partial charge in [-0.2, -0.15) is 0 Å². The second kappa shape index (κ2) is 6.27. The van der Waals surface area contributed by atoms with Crippen LogP contribution in [0, 0.1) is 5.92 Å². The summed E-state index contributed by atoms with van der Waals surface area (Å²) in [5.41, 5.74) is 1.29. The summed E-state index contributed by atoms with van der Waals surface area (Å²) in [6, 6.07) is 2.11. The van der Waals surface area contributed by atoms with Gasteiger partial charge in [0.25, 0.3) is 0 Å². The number of fused-ring (bicyclic) bond motifs is 3. The van der Waals surface area contributed by atoms with Crippen molar-refractivity contribution in [3.05, 3.63) is 18.6 Å². The van der Waals surface area contributed by atoms with Crippen LogP contribution >= 0.6 is 0 Å². The first-order valence-electron chi connectivity index (χ1n) is 8.63. The quantitative estimate of drug-likeness (QED) is 0.752. The van der Waals surface area contributed by atoms with E-state index in [1.165, 1.54) is 6.33 Å². The van der Waals surface area contributed by atoms with Crippen LogP contribution in [0.1, 0.15) is 26.7 Å². The molecule has 130 valence electrons. The van der Waals surface area contributed by atoms with E-state index in [1.54, 1.807) is 0 Å². The van der Waals surface area contributed by atoms with Crippen LogP contribution in [0.25, 0.3) is 22.1 Å². The Kier molecular flexibility index (Phi) is 3.95. The summed E-state index contributed by atoms with van der Waals surface area (Å²) in [5, 5.41) is 13.2. The lowest BCUT2D eigenvalue weighted by atomic mass is 9.96. The highest BCUT2D eigenvalue weighted by Crippen LogP contribution is 2.30. The molecule has 3 aromatic rings. The normalized spacial score (nSPS) is 18.2. The van der Waals surface area contributed by atoms with Crippen molar-refractivity contribution >= 4 is 33.8 Å². The molecule has 8 heteroatoms. The number of aromatic nitrogens is 5. The lowest BCUT2D eigenvalue weighted by molar-refractivity contribution is -0.125. The van der Waals surface area contributed by atoms with Crippen LogP contribution in [-0.2, 0) is 4.79 Å². The number of nitrogens with zero attached hydrogens (tertiary/aromatic N) is 5. The van der Waals surface area contributed by atoms with Gasteiger partial charge in [0.1, 0.15) is 12.1 Å². The van der Waals surface area contributed by atoms with E-state index in [1.807, 2.05) is 26.1 Å². The highest BCUT2D eigenvalue weighted by Gasteiger charge is 2.28. The number of carbonyl (C=O) groups is 1. The third-order valence-corrected chi connectivity index (χ3v) is 4.57. The Morgan fingerprint density at radius 2 is 2.24 bits per heavy atom. The Hall–Kier alpha value is -2.77. The number of H-pyrrole nitrogens is 1. The van der Waals surface area contributed by atoms with Gasteiger partial charge in [-0.1, -0.05) is 0 Å². The van der Waals surface area contributed by atoms with Crippen LogP contribution in [0.2, 0.25) is 0 Å². The number of carbonyl (C=O) groups excluding carboxylic acids is 1. The van der Waals surface area contributed by atoms with Crippen molar-refractivity contribution in [3.63, 3.8) is 0 Å². The van der Waals surface area contributed by atoms with Crippen LogP contribution < -0.4 is 10.2 Å². The molecule has 8 nitrogen and oxygen atoms in total. The van der Waals surface area contributed by atoms with Gasteiger partial charge in [0, 0.05) is 30.7 Å². The van der Waals surface area contributed by atoms with Crippen molar-refractivity contribution in [1.82, 2.24) is 30.5 Å². The van der Waals surface area contributed by atoms with Crippen LogP contribution in [0.15, 0.2) is 18.6 Å². The molecule has 4 heterocycles. The Morgan fingerprint density at radius 3 is 3.08 bits per heavy atom. The zero-order valence-electron chi connectivity index (χ0n) is 14.4. The van der Waals surface area contributed by atoms with Crippen molar-refractivity contribution in [1.29, 1.82) is 0 Å². The first-order chi connectivity index (χ1) is 12.1. The molecule has 2 N–H and O–H groups in total. The van der Waals surface area contributed by atoms with E-state index in [2.05, 4.69) is 35.4 Å². The van der Waals surface area contributed by atoms with Crippen LogP contribution in [0.3, 0.4) is 0 Å². The average molecular weight is 339 g/mol. The van der Waals surface area contributed by atoms with Crippen LogP contribution in [0.5, 0.6) is 0 Å². The molecule has 3 aromatic heterocycles. The number of piperidine rings is 1. The molecular weight excluding hydrogens is 318 g/mol. The molecular formula is C17H21N7O. The number of amides is 1. The predicted molar refractivity (Wildman–Crippen MR) is 95.2 cm³/mol. The van der Waals surface area contributed by atoms with E-state index in [4.69, 9.17) is 0 Å². The maximum Gasteiger partial charge on any atom is 0.225 e. The molecule has 0 aromatic carbocycles. The Bertz CT molecular complexity index is 920. The zero-order valence-corrected chi connectivity index (χ0v) is 14.4. The van der Waals surface area contributed by atoms with E-state index in [-0.39, 0.29) is 17.9 Å². The minimum atomic E-state index is -0.0299. The fraction of sp³-hybridized carbons (Fsp3) is 0.471. The number of anilines is 1. The average Bonchev–Trinajstić information content (AvgIpc) is 3.09. The van der Waals surface area contributed by atoms with Gasteiger partial charge in [-0.25, -0.2) is 9.97 Å². The third-order valence-electron chi connectivity index (χ3n) is 4.57. The summed E-state index contributed by atoms with van der Waals surface area (Å²) in [5.74, 6) is 0.911. The smallest absolute Gasteiger partial charge is 0.225 e. The summed E-state index contributed by atoms with van der Waals surface area (Å²) in [6.45, 7) is 5.49. The summed E-state index contributed by atoms with van der Waals surface area (Å²) >= 11 is 0. The van der Waals surface area contributed by atoms with Gasteiger partial charge < -0.3 is 15.2 Å². The van der Waals surface area contributed by atoms with Crippen LogP contribution in [-0.4, -0.2) is 50.2 Å². The fourth-order valence-electron chi connectivity index (χ4n) is 3.45. The molecule has 1 atom stereocenters. The van der Waals surface area contributed by atoms with Gasteiger partial charge in [-0.05, 0) is 32.8 Å². The molecule has 0 bridgehead atoms. The van der Waals surface area contributed by atoms with Crippen molar-refractivity contribution in [3.8, 4) is 0 Å². The standard InChI is InChI=1S/C17H21N7O/c1-10(2)21-17(25)11-4-3-7-24(8-11)16-13-12-5-6-18-14(12)22-23-15(13)19-9-20-16/h5-6,9-11H,3-4,7-8H2,1-2H3,(H,18,22)(H,21,25). The maximum atomic E-state index is 12.4. The number of aromatic amines is 1. The first-order valence-corrected chi connectivity index (χ1v) is 8.63. The largest absolute Gasteiger partial charge is 0.355 e. The van der Waals surface area contributed by atoms with Gasteiger partial charge >= 0.3 is 0 Å². The molecule has 1 amide bonds. The molecule has 0 spiro atoms. The third kappa shape index (κ3) is 2.88. The maximum absolute atomic E-state index is 12.4. The number of nitrogens with one attached hydrogen (secondary N) is 2. The topological polar surface area (TPSA) is 99.7 Å². The molecule has 1 unspecified atom stereocenters. The minimum absolute atomic E-state index is 0.0299. The molecule has 4 rings (SSSR count). The highest BCUT2D eigenvalue weighted by atomic mass is 16.2. The Labute approximate surface area is 145 Å². The van der Waals surface area contributed by atoms with E-state index in [0.717, 1.165) is 41.6 Å². The highest BCUT2D eigenvalue weighted by molar-refractivity contribution is 6.07. The molecule has 1 fully saturated rings. The van der Waals surface area contributed by atoms with E-state index >= 15 is 0 Å². The number of hydrogen-bond donors (Lipinski definition) is 2. The van der Waals surface area contributed by atoms with Crippen molar-refractivity contribution in [2.45, 2.75) is 32.7 Å². The molecule has 1 aliphatic heterocycles. The number of rotatable bonds is 3. The van der Waals surface area contributed by atoms with Gasteiger partial charge in [0.05, 0.1) is 11.3 Å². The predicted octanol–water partition coefficient (Wildman–Crippen LogP) is 1.64. The SMILES string of the molecule is CC(C)NC(=O)C1CCCN(c2ncnc3nnc4[nH]ccc4c23)C1. The molecule has 1 saturated heterocycles. The van der Waals surface area contributed by atoms with Gasteiger partial charge in [0.15, 0.2) is 11.3 Å². The molecule has 0 radical (unpaired) electrons. The Balaban J connectivity index is 1.71. The minimum Gasteiger partial charge on any atom is -0.355 e. The molecule has 1 aliphatic rings. The van der Waals surface area contributed by atoms with Gasteiger partial charge in [-0.15, -0.1) is 10.2 Å². The second-order valence-electron chi connectivity index (χ2n) is 6.78. The molecule has 0 aliphatic carbocycles. The first kappa shape index (κ1) is 15.7. The second-order valence-corrected chi connectivity index (χ2v) is 6.78. The Morgan fingerprint density at radius 1 is 1.36 bits per heavy atom. The van der Waals surface area contributed by atoms with Crippen molar-refractivity contribution < 1.29 is 4.79 Å². The zero-order chi connectivity index (χ0) is 17.4.